The Labute approximate surface area is 102 Å². The third kappa shape index (κ3) is 1.88. The molecule has 1 heterocycles. The third-order valence-corrected chi connectivity index (χ3v) is 3.54. The smallest absolute Gasteiger partial charge is 0.343 e. The Morgan fingerprint density at radius 3 is 2.67 bits per heavy atom. The zero-order valence-corrected chi connectivity index (χ0v) is 10.2. The summed E-state index contributed by atoms with van der Waals surface area (Å²) in [6.45, 7) is 0. The molecule has 1 fully saturated rings. The van der Waals surface area contributed by atoms with Crippen LogP contribution in [0.1, 0.15) is 12.0 Å². The van der Waals surface area contributed by atoms with Crippen molar-refractivity contribution in [2.75, 3.05) is 4.43 Å². The molecular formula is C11H11IO3. The van der Waals surface area contributed by atoms with Gasteiger partial charge in [-0.25, -0.2) is 4.79 Å². The van der Waals surface area contributed by atoms with Crippen LogP contribution in [0.2, 0.25) is 0 Å². The molecule has 1 N–H and O–H groups in total. The fraction of sp³-hybridized carbons (Fsp3) is 0.364. The Morgan fingerprint density at radius 1 is 1.47 bits per heavy atom. The molecule has 0 aromatic heterocycles. The second-order valence-corrected chi connectivity index (χ2v) is 4.49. The number of hydrogen-bond donors (Lipinski definition) is 1. The van der Waals surface area contributed by atoms with Gasteiger partial charge < -0.3 is 9.84 Å². The maximum absolute atomic E-state index is 11.6. The normalized spacial score (nSPS) is 30.3. The standard InChI is InChI=1S/C11H11IO3/c12-7-9-6-11(14,10(13)15-9)8-4-2-1-3-5-8/h1-5,9,14H,6-7H2/t9-,11+/m0/s1. The summed E-state index contributed by atoms with van der Waals surface area (Å²) in [5.74, 6) is -0.532. The monoisotopic (exact) mass is 318 g/mol. The SMILES string of the molecule is O=C1O[C@H](CI)C[C@@]1(O)c1ccccc1. The van der Waals surface area contributed by atoms with Crippen LogP contribution in [0.25, 0.3) is 0 Å². The summed E-state index contributed by atoms with van der Waals surface area (Å²) in [6, 6.07) is 8.95. The zero-order chi connectivity index (χ0) is 10.9. The summed E-state index contributed by atoms with van der Waals surface area (Å²) in [7, 11) is 0. The van der Waals surface area contributed by atoms with Crippen molar-refractivity contribution in [3.8, 4) is 0 Å². The van der Waals surface area contributed by atoms with E-state index in [1.165, 1.54) is 0 Å². The van der Waals surface area contributed by atoms with Gasteiger partial charge in [-0.05, 0) is 5.56 Å². The van der Waals surface area contributed by atoms with Gasteiger partial charge in [0.2, 0.25) is 0 Å². The Morgan fingerprint density at radius 2 is 2.13 bits per heavy atom. The van der Waals surface area contributed by atoms with Crippen LogP contribution in [0.4, 0.5) is 0 Å². The largest absolute Gasteiger partial charge is 0.459 e. The van der Waals surface area contributed by atoms with Gasteiger partial charge in [0.05, 0.1) is 0 Å². The number of hydrogen-bond acceptors (Lipinski definition) is 3. The van der Waals surface area contributed by atoms with Crippen LogP contribution in [0.15, 0.2) is 30.3 Å². The molecule has 4 heteroatoms. The first-order valence-corrected chi connectivity index (χ1v) is 6.24. The van der Waals surface area contributed by atoms with Gasteiger partial charge in [0.15, 0.2) is 5.60 Å². The number of rotatable bonds is 2. The van der Waals surface area contributed by atoms with E-state index in [2.05, 4.69) is 22.6 Å². The summed E-state index contributed by atoms with van der Waals surface area (Å²) >= 11 is 2.15. The molecule has 0 spiro atoms. The molecule has 1 saturated heterocycles. The molecule has 0 amide bonds. The van der Waals surface area contributed by atoms with E-state index in [0.717, 1.165) is 0 Å². The van der Waals surface area contributed by atoms with Gasteiger partial charge in [0.25, 0.3) is 0 Å². The van der Waals surface area contributed by atoms with Gasteiger partial charge in [-0.2, -0.15) is 0 Å². The molecule has 0 saturated carbocycles. The van der Waals surface area contributed by atoms with Crippen LogP contribution in [-0.2, 0) is 15.1 Å². The van der Waals surface area contributed by atoms with Crippen molar-refractivity contribution in [3.05, 3.63) is 35.9 Å². The number of ether oxygens (including phenoxy) is 1. The molecule has 0 unspecified atom stereocenters. The van der Waals surface area contributed by atoms with Gasteiger partial charge in [-0.1, -0.05) is 52.9 Å². The minimum atomic E-state index is -1.45. The average molecular weight is 318 g/mol. The number of cyclic esters (lactones) is 1. The molecule has 2 rings (SSSR count). The lowest BCUT2D eigenvalue weighted by molar-refractivity contribution is -0.155. The number of alkyl halides is 1. The highest BCUT2D eigenvalue weighted by Gasteiger charge is 2.48. The highest BCUT2D eigenvalue weighted by Crippen LogP contribution is 2.35. The first-order valence-electron chi connectivity index (χ1n) is 4.72. The predicted octanol–water partition coefficient (Wildman–Crippen LogP) is 1.62. The lowest BCUT2D eigenvalue weighted by Gasteiger charge is -2.17. The van der Waals surface area contributed by atoms with Crippen molar-refractivity contribution < 1.29 is 14.6 Å². The molecule has 2 atom stereocenters. The van der Waals surface area contributed by atoms with Crippen molar-refractivity contribution in [2.24, 2.45) is 0 Å². The minimum absolute atomic E-state index is 0.177. The molecule has 0 aliphatic carbocycles. The number of carbonyl (C=O) groups excluding carboxylic acids is 1. The van der Waals surface area contributed by atoms with E-state index >= 15 is 0 Å². The highest BCUT2D eigenvalue weighted by atomic mass is 127. The van der Waals surface area contributed by atoms with Crippen molar-refractivity contribution >= 4 is 28.6 Å². The lowest BCUT2D eigenvalue weighted by Crippen LogP contribution is -2.30. The molecule has 1 aliphatic rings. The first-order chi connectivity index (χ1) is 7.16. The maximum Gasteiger partial charge on any atom is 0.343 e. The van der Waals surface area contributed by atoms with Crippen molar-refractivity contribution in [1.29, 1.82) is 0 Å². The van der Waals surface area contributed by atoms with Crippen LogP contribution < -0.4 is 0 Å². The van der Waals surface area contributed by atoms with Gasteiger partial charge >= 0.3 is 5.97 Å². The Kier molecular flexibility index (Phi) is 2.97. The van der Waals surface area contributed by atoms with Gasteiger partial charge in [0, 0.05) is 10.8 Å². The van der Waals surface area contributed by atoms with Crippen molar-refractivity contribution in [2.45, 2.75) is 18.1 Å². The number of benzene rings is 1. The Balaban J connectivity index is 2.32. The zero-order valence-electron chi connectivity index (χ0n) is 8.02. The predicted molar refractivity (Wildman–Crippen MR) is 63.7 cm³/mol. The van der Waals surface area contributed by atoms with Gasteiger partial charge in [0.1, 0.15) is 6.10 Å². The fourth-order valence-corrected chi connectivity index (χ4v) is 2.23. The summed E-state index contributed by atoms with van der Waals surface area (Å²) in [6.07, 6.45) is 0.169. The second-order valence-electron chi connectivity index (χ2n) is 3.61. The summed E-state index contributed by atoms with van der Waals surface area (Å²) < 4.78 is 5.79. The molecule has 1 aliphatic heterocycles. The number of carbonyl (C=O) groups is 1. The summed E-state index contributed by atoms with van der Waals surface area (Å²) in [5.41, 5.74) is -0.834. The Hall–Kier alpha value is -0.620. The molecule has 1 aromatic rings. The molecule has 3 nitrogen and oxygen atoms in total. The molecule has 1 aromatic carbocycles. The maximum atomic E-state index is 11.6. The van der Waals surface area contributed by atoms with E-state index < -0.39 is 11.6 Å². The topological polar surface area (TPSA) is 46.5 Å². The second kappa shape index (κ2) is 4.09. The van der Waals surface area contributed by atoms with E-state index in [9.17, 15) is 9.90 Å². The van der Waals surface area contributed by atoms with Crippen LogP contribution in [-0.4, -0.2) is 21.6 Å². The summed E-state index contributed by atoms with van der Waals surface area (Å²) in [4.78, 5) is 11.6. The molecule has 15 heavy (non-hydrogen) atoms. The van der Waals surface area contributed by atoms with E-state index in [-0.39, 0.29) is 6.10 Å². The van der Waals surface area contributed by atoms with Crippen molar-refractivity contribution in [3.63, 3.8) is 0 Å². The summed E-state index contributed by atoms with van der Waals surface area (Å²) in [5, 5.41) is 10.3. The third-order valence-electron chi connectivity index (χ3n) is 2.56. The quantitative estimate of drug-likeness (QED) is 0.512. The lowest BCUT2D eigenvalue weighted by atomic mass is 9.91. The first kappa shape index (κ1) is 10.9. The Bertz CT molecular complexity index is 365. The highest BCUT2D eigenvalue weighted by molar-refractivity contribution is 14.1. The van der Waals surface area contributed by atoms with Crippen LogP contribution in [0, 0.1) is 0 Å². The van der Waals surface area contributed by atoms with E-state index in [4.69, 9.17) is 4.74 Å². The number of aliphatic hydroxyl groups is 1. The average Bonchev–Trinajstić information content (AvgIpc) is 2.57. The van der Waals surface area contributed by atoms with Crippen LogP contribution in [0.5, 0.6) is 0 Å². The number of esters is 1. The van der Waals surface area contributed by atoms with E-state index in [0.29, 0.717) is 16.4 Å². The molecule has 0 radical (unpaired) electrons. The van der Waals surface area contributed by atoms with E-state index in [1.54, 1.807) is 24.3 Å². The van der Waals surface area contributed by atoms with Gasteiger partial charge in [-0.3, -0.25) is 0 Å². The van der Waals surface area contributed by atoms with Gasteiger partial charge in [-0.15, -0.1) is 0 Å². The van der Waals surface area contributed by atoms with Crippen LogP contribution in [0.3, 0.4) is 0 Å². The molecule has 80 valence electrons. The number of halogens is 1. The van der Waals surface area contributed by atoms with Crippen molar-refractivity contribution in [1.82, 2.24) is 0 Å². The fourth-order valence-electron chi connectivity index (χ4n) is 1.74. The van der Waals surface area contributed by atoms with Crippen LogP contribution >= 0.6 is 22.6 Å². The van der Waals surface area contributed by atoms with E-state index in [1.807, 2.05) is 6.07 Å². The molecule has 0 bridgehead atoms. The minimum Gasteiger partial charge on any atom is -0.459 e. The molecular weight excluding hydrogens is 307 g/mol.